The van der Waals surface area contributed by atoms with Crippen molar-refractivity contribution in [3.8, 4) is 0 Å². The number of nitrogens with one attached hydrogen (secondary N) is 1. The van der Waals surface area contributed by atoms with Crippen LogP contribution in [0.5, 0.6) is 0 Å². The third-order valence-electron chi connectivity index (χ3n) is 3.31. The Morgan fingerprint density at radius 2 is 1.90 bits per heavy atom. The van der Waals surface area contributed by atoms with Gasteiger partial charge in [0.1, 0.15) is 5.82 Å². The van der Waals surface area contributed by atoms with Crippen molar-refractivity contribution in [1.82, 2.24) is 19.6 Å². The van der Waals surface area contributed by atoms with Gasteiger partial charge in [0.15, 0.2) is 0 Å². The third kappa shape index (κ3) is 3.51. The van der Waals surface area contributed by atoms with Crippen molar-refractivity contribution >= 4 is 5.82 Å². The zero-order valence-electron chi connectivity index (χ0n) is 12.1. The van der Waals surface area contributed by atoms with Crippen molar-refractivity contribution < 1.29 is 0 Å². The molecule has 0 saturated carbocycles. The Kier molecular flexibility index (Phi) is 4.00. The van der Waals surface area contributed by atoms with E-state index in [2.05, 4.69) is 34.6 Å². The fourth-order valence-corrected chi connectivity index (χ4v) is 2.18. The van der Waals surface area contributed by atoms with Crippen LogP contribution < -0.4 is 5.32 Å². The van der Waals surface area contributed by atoms with E-state index < -0.39 is 0 Å². The van der Waals surface area contributed by atoms with E-state index in [9.17, 15) is 0 Å². The van der Waals surface area contributed by atoms with Gasteiger partial charge in [-0.05, 0) is 12.5 Å². The van der Waals surface area contributed by atoms with Crippen molar-refractivity contribution in [2.24, 2.45) is 0 Å². The second kappa shape index (κ2) is 6.26. The van der Waals surface area contributed by atoms with Gasteiger partial charge in [-0.1, -0.05) is 30.3 Å². The molecule has 0 atom stereocenters. The number of aryl methyl sites for hydroxylation is 1. The van der Waals surface area contributed by atoms with E-state index in [-0.39, 0.29) is 0 Å². The van der Waals surface area contributed by atoms with Crippen LogP contribution >= 0.6 is 0 Å². The summed E-state index contributed by atoms with van der Waals surface area (Å²) in [7, 11) is 0. The molecule has 108 valence electrons. The highest BCUT2D eigenvalue weighted by Crippen LogP contribution is 2.08. The van der Waals surface area contributed by atoms with Gasteiger partial charge in [-0.3, -0.25) is 9.36 Å². The first kappa shape index (κ1) is 13.4. The van der Waals surface area contributed by atoms with Crippen LogP contribution in [0.3, 0.4) is 0 Å². The summed E-state index contributed by atoms with van der Waals surface area (Å²) in [6, 6.07) is 12.3. The summed E-state index contributed by atoms with van der Waals surface area (Å²) in [5.41, 5.74) is 2.41. The average molecular weight is 281 g/mol. The Bertz CT molecular complexity index is 684. The summed E-state index contributed by atoms with van der Waals surface area (Å²) < 4.78 is 3.86. The van der Waals surface area contributed by atoms with Gasteiger partial charge in [-0.15, -0.1) is 0 Å². The van der Waals surface area contributed by atoms with Crippen LogP contribution in [-0.4, -0.2) is 19.6 Å². The quantitative estimate of drug-likeness (QED) is 0.756. The van der Waals surface area contributed by atoms with E-state index in [1.165, 1.54) is 5.56 Å². The summed E-state index contributed by atoms with van der Waals surface area (Å²) >= 11 is 0. The number of aromatic nitrogens is 4. The Morgan fingerprint density at radius 1 is 1.05 bits per heavy atom. The van der Waals surface area contributed by atoms with Gasteiger partial charge in [0, 0.05) is 37.1 Å². The molecule has 0 aliphatic heterocycles. The van der Waals surface area contributed by atoms with E-state index in [1.54, 1.807) is 0 Å². The van der Waals surface area contributed by atoms with Crippen molar-refractivity contribution in [2.75, 3.05) is 5.32 Å². The first-order valence-electron chi connectivity index (χ1n) is 7.16. The molecular formula is C16H19N5. The molecule has 0 spiro atoms. The van der Waals surface area contributed by atoms with Crippen LogP contribution in [0.1, 0.15) is 18.1 Å². The number of hydrogen-bond acceptors (Lipinski definition) is 3. The summed E-state index contributed by atoms with van der Waals surface area (Å²) in [5, 5.41) is 12.1. The molecule has 0 unspecified atom stereocenters. The minimum Gasteiger partial charge on any atom is -0.364 e. The first-order valence-corrected chi connectivity index (χ1v) is 7.16. The van der Waals surface area contributed by atoms with Crippen molar-refractivity contribution in [1.29, 1.82) is 0 Å². The van der Waals surface area contributed by atoms with Gasteiger partial charge in [-0.25, -0.2) is 0 Å². The highest BCUT2D eigenvalue weighted by molar-refractivity contribution is 5.33. The second-order valence-corrected chi connectivity index (χ2v) is 4.94. The van der Waals surface area contributed by atoms with Gasteiger partial charge in [0.2, 0.25) is 0 Å². The second-order valence-electron chi connectivity index (χ2n) is 4.94. The zero-order chi connectivity index (χ0) is 14.5. The van der Waals surface area contributed by atoms with E-state index in [4.69, 9.17) is 0 Å². The molecule has 0 aliphatic rings. The summed E-state index contributed by atoms with van der Waals surface area (Å²) in [6.07, 6.45) is 5.93. The predicted molar refractivity (Wildman–Crippen MR) is 83.0 cm³/mol. The zero-order valence-corrected chi connectivity index (χ0v) is 12.1. The van der Waals surface area contributed by atoms with E-state index in [0.29, 0.717) is 0 Å². The maximum Gasteiger partial charge on any atom is 0.148 e. The fourth-order valence-electron chi connectivity index (χ4n) is 2.18. The molecule has 0 amide bonds. The van der Waals surface area contributed by atoms with Crippen molar-refractivity contribution in [2.45, 2.75) is 26.6 Å². The predicted octanol–water partition coefficient (Wildman–Crippen LogP) is 2.76. The molecule has 5 heteroatoms. The molecule has 2 aromatic heterocycles. The third-order valence-corrected chi connectivity index (χ3v) is 3.31. The lowest BCUT2D eigenvalue weighted by atomic mass is 10.2. The van der Waals surface area contributed by atoms with Crippen LogP contribution in [0, 0.1) is 0 Å². The average Bonchev–Trinajstić information content (AvgIpc) is 3.15. The number of rotatable bonds is 6. The molecule has 0 radical (unpaired) electrons. The molecule has 0 fully saturated rings. The molecule has 21 heavy (non-hydrogen) atoms. The monoisotopic (exact) mass is 281 g/mol. The molecule has 1 aromatic carbocycles. The Balaban J connectivity index is 1.57. The van der Waals surface area contributed by atoms with E-state index >= 15 is 0 Å². The van der Waals surface area contributed by atoms with Crippen LogP contribution in [0.15, 0.2) is 55.0 Å². The van der Waals surface area contributed by atoms with E-state index in [0.717, 1.165) is 31.0 Å². The Labute approximate surface area is 124 Å². The summed E-state index contributed by atoms with van der Waals surface area (Å²) in [4.78, 5) is 0. The molecule has 0 saturated heterocycles. The number of benzene rings is 1. The topological polar surface area (TPSA) is 47.7 Å². The first-order chi connectivity index (χ1) is 10.3. The maximum absolute atomic E-state index is 4.53. The van der Waals surface area contributed by atoms with Gasteiger partial charge < -0.3 is 5.32 Å². The minimum atomic E-state index is 0.738. The summed E-state index contributed by atoms with van der Waals surface area (Å²) in [5.74, 6) is 0.884. The lowest BCUT2D eigenvalue weighted by Crippen LogP contribution is -2.03. The molecule has 3 aromatic rings. The maximum atomic E-state index is 4.53. The highest BCUT2D eigenvalue weighted by atomic mass is 15.3. The molecule has 1 N–H and O–H groups in total. The van der Waals surface area contributed by atoms with Crippen molar-refractivity contribution in [3.63, 3.8) is 0 Å². The Morgan fingerprint density at radius 3 is 2.67 bits per heavy atom. The lowest BCUT2D eigenvalue weighted by molar-refractivity contribution is 0.659. The van der Waals surface area contributed by atoms with Gasteiger partial charge in [-0.2, -0.15) is 10.2 Å². The fraction of sp³-hybridized carbons (Fsp3) is 0.250. The molecule has 0 bridgehead atoms. The minimum absolute atomic E-state index is 0.738. The van der Waals surface area contributed by atoms with Gasteiger partial charge >= 0.3 is 0 Å². The van der Waals surface area contributed by atoms with Crippen LogP contribution in [0.2, 0.25) is 0 Å². The number of nitrogens with zero attached hydrogens (tertiary/aromatic N) is 4. The summed E-state index contributed by atoms with van der Waals surface area (Å²) in [6.45, 7) is 4.50. The van der Waals surface area contributed by atoms with Crippen LogP contribution in [0.4, 0.5) is 5.82 Å². The smallest absolute Gasteiger partial charge is 0.148 e. The van der Waals surface area contributed by atoms with Crippen molar-refractivity contribution in [3.05, 3.63) is 66.1 Å². The highest BCUT2D eigenvalue weighted by Gasteiger charge is 2.01. The lowest BCUT2D eigenvalue weighted by Gasteiger charge is -2.02. The van der Waals surface area contributed by atoms with E-state index in [1.807, 2.05) is 52.2 Å². The standard InChI is InChI=1S/C16H19N5/c1-2-20-13-15(11-18-20)10-17-16-8-9-21(19-16)12-14-6-4-3-5-7-14/h3-9,11,13H,2,10,12H2,1H3,(H,17,19). The van der Waals surface area contributed by atoms with Crippen LogP contribution in [0.25, 0.3) is 0 Å². The Hall–Kier alpha value is -2.56. The van der Waals surface area contributed by atoms with Crippen LogP contribution in [-0.2, 0) is 19.6 Å². The molecule has 5 nitrogen and oxygen atoms in total. The molecule has 2 heterocycles. The molecule has 0 aliphatic carbocycles. The SMILES string of the molecule is CCn1cc(CNc2ccn(Cc3ccccc3)n2)cn1. The normalized spacial score (nSPS) is 10.7. The largest absolute Gasteiger partial charge is 0.364 e. The molecular weight excluding hydrogens is 262 g/mol. The molecule has 3 rings (SSSR count). The van der Waals surface area contributed by atoms with Gasteiger partial charge in [0.25, 0.3) is 0 Å². The number of anilines is 1. The van der Waals surface area contributed by atoms with Gasteiger partial charge in [0.05, 0.1) is 12.7 Å². The number of hydrogen-bond donors (Lipinski definition) is 1.